The van der Waals surface area contributed by atoms with E-state index in [9.17, 15) is 14.0 Å². The molecule has 2 fully saturated rings. The van der Waals surface area contributed by atoms with E-state index in [1.165, 1.54) is 12.1 Å². The topological polar surface area (TPSA) is 63.4 Å². The number of halogens is 3. The van der Waals surface area contributed by atoms with Gasteiger partial charge in [-0.1, -0.05) is 18.9 Å². The van der Waals surface area contributed by atoms with Crippen molar-refractivity contribution in [3.8, 4) is 0 Å². The normalized spacial score (nSPS) is 25.8. The maximum atomic E-state index is 15.0. The molecule has 7 heteroatoms. The summed E-state index contributed by atoms with van der Waals surface area (Å²) in [6.45, 7) is 0. The largest absolute Gasteiger partial charge is 0.368 e. The molecule has 3 rings (SSSR count). The van der Waals surface area contributed by atoms with Gasteiger partial charge in [0.2, 0.25) is 11.8 Å². The number of nitrogens with two attached hydrogens (primary N) is 1. The highest BCUT2D eigenvalue weighted by Gasteiger charge is 2.73. The Morgan fingerprint density at radius 3 is 2.65 bits per heavy atom. The Labute approximate surface area is 131 Å². The van der Waals surface area contributed by atoms with Gasteiger partial charge >= 0.3 is 0 Å². The van der Waals surface area contributed by atoms with Crippen LogP contribution >= 0.6 is 0 Å². The highest BCUT2D eigenvalue weighted by molar-refractivity contribution is 6.08. The van der Waals surface area contributed by atoms with Crippen molar-refractivity contribution >= 4 is 17.5 Å². The van der Waals surface area contributed by atoms with Gasteiger partial charge < -0.3 is 5.73 Å². The summed E-state index contributed by atoms with van der Waals surface area (Å²) in [4.78, 5) is 25.2. The molecule has 1 aliphatic heterocycles. The summed E-state index contributed by atoms with van der Waals surface area (Å²) in [6, 6.07) is 2.59. The van der Waals surface area contributed by atoms with Crippen molar-refractivity contribution in [3.05, 3.63) is 36.5 Å². The van der Waals surface area contributed by atoms with Crippen LogP contribution in [0, 0.1) is 17.7 Å². The molecular weight excluding hydrogens is 309 g/mol. The molecule has 2 N–H and O–H groups in total. The second-order valence-electron chi connectivity index (χ2n) is 6.05. The van der Waals surface area contributed by atoms with Gasteiger partial charge in [0.05, 0.1) is 0 Å². The molecule has 1 saturated carbocycles. The summed E-state index contributed by atoms with van der Waals surface area (Å²) < 4.78 is 43.5. The summed E-state index contributed by atoms with van der Waals surface area (Å²) in [5, 5.41) is 0. The van der Waals surface area contributed by atoms with Gasteiger partial charge in [-0.05, 0) is 37.5 Å². The fourth-order valence-electron chi connectivity index (χ4n) is 3.61. The molecule has 1 heterocycles. The minimum Gasteiger partial charge on any atom is -0.368 e. The summed E-state index contributed by atoms with van der Waals surface area (Å²) in [5.74, 6) is -6.46. The lowest BCUT2D eigenvalue weighted by molar-refractivity contribution is -0.154. The van der Waals surface area contributed by atoms with E-state index in [0.29, 0.717) is 17.7 Å². The van der Waals surface area contributed by atoms with E-state index in [0.717, 1.165) is 12.1 Å². The highest BCUT2D eigenvalue weighted by Crippen LogP contribution is 2.57. The van der Waals surface area contributed by atoms with Crippen LogP contribution in [0.25, 0.3) is 0 Å². The Kier molecular flexibility index (Phi) is 3.61. The molecule has 4 nitrogen and oxygen atoms in total. The molecule has 0 aromatic heterocycles. The third-order valence-electron chi connectivity index (χ3n) is 4.73. The van der Waals surface area contributed by atoms with Crippen LogP contribution in [0.5, 0.6) is 0 Å². The minimum absolute atomic E-state index is 0.0229. The van der Waals surface area contributed by atoms with E-state index in [-0.39, 0.29) is 18.5 Å². The van der Waals surface area contributed by atoms with E-state index in [1.54, 1.807) is 6.42 Å². The van der Waals surface area contributed by atoms with Crippen molar-refractivity contribution in [3.63, 3.8) is 0 Å². The first-order valence-corrected chi connectivity index (χ1v) is 7.39. The molecular formula is C16H16F3N2O2. The van der Waals surface area contributed by atoms with Crippen molar-refractivity contribution in [2.75, 3.05) is 4.90 Å². The Bertz CT molecular complexity index is 656. The molecule has 1 aromatic carbocycles. The number of rotatable bonds is 2. The monoisotopic (exact) mass is 325 g/mol. The zero-order valence-electron chi connectivity index (χ0n) is 12.3. The smallest absolute Gasteiger partial charge is 0.291 e. The van der Waals surface area contributed by atoms with Crippen LogP contribution in [-0.2, 0) is 9.59 Å². The summed E-state index contributed by atoms with van der Waals surface area (Å²) in [7, 11) is 0. The number of amides is 2. The van der Waals surface area contributed by atoms with Gasteiger partial charge in [-0.2, -0.15) is 0 Å². The standard InChI is InChI=1S/C16H16F3N2O2/c17-10-5-4-6-11(9-10)21-12(13(20)22)16(18,19)15(14(21)23)7-2-1-3-8-15/h2,4-6,9,12H,1,3,7-8H2,(H2,20,22). The third kappa shape index (κ3) is 2.13. The molecule has 0 bridgehead atoms. The van der Waals surface area contributed by atoms with E-state index >= 15 is 8.78 Å². The number of benzene rings is 1. The van der Waals surface area contributed by atoms with Gasteiger partial charge in [-0.3, -0.25) is 14.5 Å². The molecule has 2 unspecified atom stereocenters. The molecule has 1 radical (unpaired) electrons. The van der Waals surface area contributed by atoms with Crippen LogP contribution in [0.15, 0.2) is 24.3 Å². The first-order valence-electron chi connectivity index (χ1n) is 7.39. The number of hydrogen-bond donors (Lipinski definition) is 1. The fourth-order valence-corrected chi connectivity index (χ4v) is 3.61. The van der Waals surface area contributed by atoms with E-state index in [1.807, 2.05) is 0 Å². The van der Waals surface area contributed by atoms with Crippen LogP contribution in [-0.4, -0.2) is 23.8 Å². The van der Waals surface area contributed by atoms with Crippen LogP contribution in [0.3, 0.4) is 0 Å². The predicted molar refractivity (Wildman–Crippen MR) is 77.0 cm³/mol. The Balaban J connectivity index is 2.15. The van der Waals surface area contributed by atoms with Crippen molar-refractivity contribution < 1.29 is 22.8 Å². The number of primary amides is 1. The Hall–Kier alpha value is -2.05. The number of hydrogen-bond acceptors (Lipinski definition) is 2. The lowest BCUT2D eigenvalue weighted by Gasteiger charge is -2.35. The van der Waals surface area contributed by atoms with E-state index < -0.39 is 35.0 Å². The lowest BCUT2D eigenvalue weighted by atomic mass is 9.69. The maximum Gasteiger partial charge on any atom is 0.291 e. The summed E-state index contributed by atoms with van der Waals surface area (Å²) >= 11 is 0. The van der Waals surface area contributed by atoms with Gasteiger partial charge in [-0.15, -0.1) is 0 Å². The Morgan fingerprint density at radius 1 is 1.35 bits per heavy atom. The first kappa shape index (κ1) is 15.8. The zero-order chi connectivity index (χ0) is 16.8. The first-order chi connectivity index (χ1) is 10.8. The molecule has 1 spiro atoms. The van der Waals surface area contributed by atoms with Gasteiger partial charge in [0.1, 0.15) is 11.2 Å². The molecule has 2 atom stereocenters. The lowest BCUT2D eigenvalue weighted by Crippen LogP contribution is -2.52. The molecule has 23 heavy (non-hydrogen) atoms. The molecule has 123 valence electrons. The second kappa shape index (κ2) is 5.25. The van der Waals surface area contributed by atoms with Crippen molar-refractivity contribution in [1.29, 1.82) is 0 Å². The molecule has 1 aromatic rings. The average molecular weight is 325 g/mol. The van der Waals surface area contributed by atoms with Crippen LogP contribution in [0.4, 0.5) is 18.9 Å². The molecule has 2 aliphatic rings. The SMILES string of the molecule is NC(=O)C1N(c2cccc(F)c2)C(=O)C2(C[CH]CCC2)C1(F)F. The van der Waals surface area contributed by atoms with Crippen molar-refractivity contribution in [2.24, 2.45) is 11.1 Å². The van der Waals surface area contributed by atoms with Crippen LogP contribution < -0.4 is 10.6 Å². The quantitative estimate of drug-likeness (QED) is 0.908. The second-order valence-corrected chi connectivity index (χ2v) is 6.05. The Morgan fingerprint density at radius 2 is 2.09 bits per heavy atom. The van der Waals surface area contributed by atoms with E-state index in [2.05, 4.69) is 0 Å². The van der Waals surface area contributed by atoms with Crippen molar-refractivity contribution in [1.82, 2.24) is 0 Å². The van der Waals surface area contributed by atoms with Gasteiger partial charge in [0.25, 0.3) is 5.92 Å². The average Bonchev–Trinajstić information content (AvgIpc) is 2.66. The molecule has 1 aliphatic carbocycles. The van der Waals surface area contributed by atoms with Crippen molar-refractivity contribution in [2.45, 2.75) is 37.6 Å². The number of nitrogens with zero attached hydrogens (tertiary/aromatic N) is 1. The van der Waals surface area contributed by atoms with E-state index in [4.69, 9.17) is 5.73 Å². The minimum atomic E-state index is -3.61. The maximum absolute atomic E-state index is 15.0. The van der Waals surface area contributed by atoms with Gasteiger partial charge in [-0.25, -0.2) is 13.2 Å². The highest BCUT2D eigenvalue weighted by atomic mass is 19.3. The van der Waals surface area contributed by atoms with Crippen LogP contribution in [0.1, 0.15) is 25.7 Å². The number of anilines is 1. The zero-order valence-corrected chi connectivity index (χ0v) is 12.3. The predicted octanol–water partition coefficient (Wildman–Crippen LogP) is 2.43. The van der Waals surface area contributed by atoms with Gasteiger partial charge in [0, 0.05) is 5.69 Å². The number of carbonyl (C=O) groups excluding carboxylic acids is 2. The van der Waals surface area contributed by atoms with Gasteiger partial charge in [0.15, 0.2) is 6.04 Å². The summed E-state index contributed by atoms with van der Waals surface area (Å²) in [5.41, 5.74) is 3.12. The number of alkyl halides is 2. The fraction of sp³-hybridized carbons (Fsp3) is 0.438. The molecule has 1 saturated heterocycles. The number of carbonyl (C=O) groups is 2. The van der Waals surface area contributed by atoms with Crippen LogP contribution in [0.2, 0.25) is 0 Å². The molecule has 2 amide bonds. The third-order valence-corrected chi connectivity index (χ3v) is 4.73. The summed E-state index contributed by atoms with van der Waals surface area (Å²) in [6.07, 6.45) is 2.58.